The van der Waals surface area contributed by atoms with Crippen molar-refractivity contribution in [1.82, 2.24) is 15.6 Å². The molecule has 0 saturated heterocycles. The van der Waals surface area contributed by atoms with Crippen molar-refractivity contribution in [3.05, 3.63) is 44.3 Å². The summed E-state index contributed by atoms with van der Waals surface area (Å²) >= 11 is 12.8. The number of hydrogen-bond donors (Lipinski definition) is 3. The number of hydrogen-bond acceptors (Lipinski definition) is 5. The molecule has 2 amide bonds. The fourth-order valence-electron chi connectivity index (χ4n) is 3.13. The van der Waals surface area contributed by atoms with E-state index in [1.165, 1.54) is 23.0 Å². The van der Waals surface area contributed by atoms with E-state index in [9.17, 15) is 23.5 Å². The summed E-state index contributed by atoms with van der Waals surface area (Å²) in [6.45, 7) is 0.218. The van der Waals surface area contributed by atoms with E-state index in [-0.39, 0.29) is 52.6 Å². The van der Waals surface area contributed by atoms with Crippen LogP contribution in [0.5, 0.6) is 5.75 Å². The fourth-order valence-corrected chi connectivity index (χ4v) is 4.16. The van der Waals surface area contributed by atoms with Crippen LogP contribution in [0.3, 0.4) is 0 Å². The molecule has 0 spiro atoms. The molecule has 2 unspecified atom stereocenters. The maximum Gasteiger partial charge on any atom is 0.267 e. The summed E-state index contributed by atoms with van der Waals surface area (Å²) in [4.78, 5) is 28.7. The van der Waals surface area contributed by atoms with Gasteiger partial charge in [-0.3, -0.25) is 14.6 Å². The molecule has 1 heterocycles. The molecule has 1 saturated carbocycles. The van der Waals surface area contributed by atoms with Crippen molar-refractivity contribution in [3.8, 4) is 5.75 Å². The number of nitrogens with one attached hydrogen (secondary N) is 2. The summed E-state index contributed by atoms with van der Waals surface area (Å²) in [6, 6.07) is 0.915. The van der Waals surface area contributed by atoms with E-state index in [0.717, 1.165) is 12.1 Å². The Morgan fingerprint density at radius 3 is 2.59 bits per heavy atom. The molecule has 1 aromatic carbocycles. The number of aromatic nitrogens is 1. The molecule has 2 aromatic rings. The van der Waals surface area contributed by atoms with Crippen LogP contribution < -0.4 is 10.6 Å². The largest absolute Gasteiger partial charge is 0.505 e. The lowest BCUT2D eigenvalue weighted by Crippen LogP contribution is -2.52. The van der Waals surface area contributed by atoms with E-state index >= 15 is 0 Å². The lowest BCUT2D eigenvalue weighted by atomic mass is 9.82. The number of phenols is 1. The summed E-state index contributed by atoms with van der Waals surface area (Å²) in [6.07, 6.45) is 1.25. The van der Waals surface area contributed by atoms with Crippen molar-refractivity contribution in [1.29, 1.82) is 0 Å². The molecule has 6 nitrogen and oxygen atoms in total. The van der Waals surface area contributed by atoms with Crippen LogP contribution >= 0.6 is 34.5 Å². The smallest absolute Gasteiger partial charge is 0.267 e. The third-order valence-electron chi connectivity index (χ3n) is 4.76. The van der Waals surface area contributed by atoms with E-state index in [2.05, 4.69) is 15.6 Å². The van der Waals surface area contributed by atoms with Gasteiger partial charge >= 0.3 is 0 Å². The van der Waals surface area contributed by atoms with Gasteiger partial charge in [0, 0.05) is 18.5 Å². The van der Waals surface area contributed by atoms with Crippen molar-refractivity contribution in [2.75, 3.05) is 6.54 Å². The van der Waals surface area contributed by atoms with Gasteiger partial charge in [0.25, 0.3) is 17.7 Å². The number of phenolic OH excluding ortho intramolecular Hbond substituents is 1. The third kappa shape index (κ3) is 5.15. The first-order valence-corrected chi connectivity index (χ1v) is 10.3. The maximum atomic E-state index is 14.4. The van der Waals surface area contributed by atoms with Crippen LogP contribution in [0.2, 0.25) is 10.0 Å². The van der Waals surface area contributed by atoms with Gasteiger partial charge in [0.15, 0.2) is 5.75 Å². The van der Waals surface area contributed by atoms with Crippen molar-refractivity contribution < 1.29 is 23.5 Å². The Hall–Kier alpha value is -1.97. The highest BCUT2D eigenvalue weighted by molar-refractivity contribution is 7.11. The van der Waals surface area contributed by atoms with Gasteiger partial charge in [0.1, 0.15) is 4.88 Å². The minimum atomic E-state index is -3.08. The summed E-state index contributed by atoms with van der Waals surface area (Å²) in [5.74, 6) is -4.77. The predicted octanol–water partition coefficient (Wildman–Crippen LogP) is 4.12. The first-order valence-electron chi connectivity index (χ1n) is 8.70. The van der Waals surface area contributed by atoms with Crippen LogP contribution in [-0.2, 0) is 0 Å². The fraction of sp³-hybridized carbons (Fsp3) is 0.389. The van der Waals surface area contributed by atoms with E-state index in [1.807, 2.05) is 0 Å². The molecule has 1 fully saturated rings. The highest BCUT2D eigenvalue weighted by atomic mass is 35.5. The van der Waals surface area contributed by atoms with E-state index in [1.54, 1.807) is 0 Å². The summed E-state index contributed by atoms with van der Waals surface area (Å²) in [7, 11) is 0. The Kier molecular flexibility index (Phi) is 6.60. The van der Waals surface area contributed by atoms with Gasteiger partial charge in [0.2, 0.25) is 0 Å². The standard InChI is InChI=1S/C18H17Cl2F2N3O3S/c19-11-4-10(5-12(20)15(11)26)16(27)25-14-3-9(1-2-18(14,21)22)6-24-17(28)13-7-23-8-29-13/h4-5,7-9,14,26H,1-3,6H2,(H,24,28)(H,25,27). The lowest BCUT2D eigenvalue weighted by Gasteiger charge is -2.36. The SMILES string of the molecule is O=C(NC1CC(CNC(=O)c2cncs2)CCC1(F)F)c1cc(Cl)c(O)c(Cl)c1. The van der Waals surface area contributed by atoms with E-state index < -0.39 is 24.3 Å². The number of halogens is 4. The van der Waals surface area contributed by atoms with E-state index in [4.69, 9.17) is 23.2 Å². The number of amides is 2. The van der Waals surface area contributed by atoms with Crippen LogP contribution in [0.15, 0.2) is 23.8 Å². The van der Waals surface area contributed by atoms with Gasteiger partial charge in [-0.25, -0.2) is 8.78 Å². The Morgan fingerprint density at radius 2 is 1.97 bits per heavy atom. The van der Waals surface area contributed by atoms with Gasteiger partial charge in [-0.15, -0.1) is 11.3 Å². The van der Waals surface area contributed by atoms with E-state index in [0.29, 0.717) is 4.88 Å². The highest BCUT2D eigenvalue weighted by Crippen LogP contribution is 2.37. The maximum absolute atomic E-state index is 14.4. The highest BCUT2D eigenvalue weighted by Gasteiger charge is 2.45. The van der Waals surface area contributed by atoms with Gasteiger partial charge in [0.05, 0.1) is 27.8 Å². The molecule has 1 aromatic heterocycles. The van der Waals surface area contributed by atoms with Crippen molar-refractivity contribution in [2.45, 2.75) is 31.2 Å². The van der Waals surface area contributed by atoms with Crippen LogP contribution in [0, 0.1) is 5.92 Å². The molecule has 11 heteroatoms. The van der Waals surface area contributed by atoms with Crippen LogP contribution in [0.4, 0.5) is 8.78 Å². The summed E-state index contributed by atoms with van der Waals surface area (Å²) in [5, 5.41) is 14.3. The molecule has 0 radical (unpaired) electrons. The number of aromatic hydroxyl groups is 1. The van der Waals surface area contributed by atoms with Crippen LogP contribution in [-0.4, -0.2) is 40.4 Å². The normalized spacial score (nSPS) is 20.8. The number of thiazole rings is 1. The molecule has 1 aliphatic rings. The average Bonchev–Trinajstić information content (AvgIpc) is 3.20. The Labute approximate surface area is 179 Å². The molecule has 1 aliphatic carbocycles. The van der Waals surface area contributed by atoms with Gasteiger partial charge < -0.3 is 15.7 Å². The number of benzene rings is 1. The Bertz CT molecular complexity index is 889. The molecule has 0 aliphatic heterocycles. The number of rotatable bonds is 5. The number of carbonyl (C=O) groups is 2. The zero-order valence-corrected chi connectivity index (χ0v) is 17.3. The zero-order valence-electron chi connectivity index (χ0n) is 14.9. The zero-order chi connectivity index (χ0) is 21.2. The second-order valence-corrected chi connectivity index (χ2v) is 8.49. The average molecular weight is 464 g/mol. The quantitative estimate of drug-likeness (QED) is 0.621. The Morgan fingerprint density at radius 1 is 1.28 bits per heavy atom. The first kappa shape index (κ1) is 21.7. The van der Waals surface area contributed by atoms with Crippen molar-refractivity contribution in [3.63, 3.8) is 0 Å². The van der Waals surface area contributed by atoms with Gasteiger partial charge in [-0.2, -0.15) is 0 Å². The topological polar surface area (TPSA) is 91.3 Å². The third-order valence-corrected chi connectivity index (χ3v) is 6.10. The van der Waals surface area contributed by atoms with Gasteiger partial charge in [-0.05, 0) is 30.9 Å². The number of nitrogens with zero attached hydrogens (tertiary/aromatic N) is 1. The summed E-state index contributed by atoms with van der Waals surface area (Å²) < 4.78 is 28.7. The monoisotopic (exact) mass is 463 g/mol. The summed E-state index contributed by atoms with van der Waals surface area (Å²) in [5.41, 5.74) is 1.50. The van der Waals surface area contributed by atoms with Crippen LogP contribution in [0.25, 0.3) is 0 Å². The second-order valence-electron chi connectivity index (χ2n) is 6.79. The first-order chi connectivity index (χ1) is 13.7. The van der Waals surface area contributed by atoms with Crippen LogP contribution in [0.1, 0.15) is 39.3 Å². The lowest BCUT2D eigenvalue weighted by molar-refractivity contribution is -0.0721. The van der Waals surface area contributed by atoms with Crippen molar-refractivity contribution >= 4 is 46.4 Å². The number of alkyl halides is 2. The molecule has 3 rings (SSSR count). The molecular weight excluding hydrogens is 447 g/mol. The van der Waals surface area contributed by atoms with Crippen molar-refractivity contribution in [2.24, 2.45) is 5.92 Å². The molecule has 3 N–H and O–H groups in total. The Balaban J connectivity index is 1.63. The number of carbonyl (C=O) groups excluding carboxylic acids is 2. The molecule has 2 atom stereocenters. The molecule has 0 bridgehead atoms. The molecular formula is C18H17Cl2F2N3O3S. The molecule has 156 valence electrons. The second kappa shape index (κ2) is 8.81. The van der Waals surface area contributed by atoms with Gasteiger partial charge in [-0.1, -0.05) is 23.2 Å². The minimum Gasteiger partial charge on any atom is -0.505 e. The minimum absolute atomic E-state index is 0.00125. The molecule has 29 heavy (non-hydrogen) atoms. The predicted molar refractivity (Wildman–Crippen MR) is 106 cm³/mol.